The molecule has 0 bridgehead atoms. The van der Waals surface area contributed by atoms with Crippen LogP contribution in [0.4, 0.5) is 0 Å². The number of sulfonamides is 1. The van der Waals surface area contributed by atoms with Gasteiger partial charge in [0.05, 0.1) is 0 Å². The van der Waals surface area contributed by atoms with Gasteiger partial charge in [-0.25, -0.2) is 22.7 Å². The second kappa shape index (κ2) is 6.20. The number of aromatic nitrogens is 2. The van der Waals surface area contributed by atoms with Crippen LogP contribution in [0.25, 0.3) is 0 Å². The largest absolute Gasteiger partial charge is 0.479 e. The molecule has 0 aromatic carbocycles. The number of carbonyl (C=O) groups is 1. The number of aryl methyl sites for hydroxylation is 1. The highest BCUT2D eigenvalue weighted by atomic mass is 32.2. The maximum absolute atomic E-state index is 12.0. The van der Waals surface area contributed by atoms with Crippen molar-refractivity contribution in [2.45, 2.75) is 11.0 Å². The van der Waals surface area contributed by atoms with E-state index >= 15 is 0 Å². The van der Waals surface area contributed by atoms with Gasteiger partial charge in [0, 0.05) is 33.9 Å². The Morgan fingerprint density at radius 3 is 2.48 bits per heavy atom. The Morgan fingerprint density at radius 1 is 1.43 bits per heavy atom. The van der Waals surface area contributed by atoms with E-state index in [1.165, 1.54) is 7.05 Å². The molecule has 0 fully saturated rings. The zero-order valence-corrected chi connectivity index (χ0v) is 12.4. The van der Waals surface area contributed by atoms with Gasteiger partial charge in [0.2, 0.25) is 10.0 Å². The van der Waals surface area contributed by atoms with Crippen LogP contribution in [0.3, 0.4) is 0 Å². The fourth-order valence-electron chi connectivity index (χ4n) is 1.49. The number of methoxy groups -OCH3 is 1. The summed E-state index contributed by atoms with van der Waals surface area (Å²) in [7, 11) is -0.743. The van der Waals surface area contributed by atoms with Gasteiger partial charge in [-0.15, -0.1) is 0 Å². The first-order valence-corrected chi connectivity index (χ1v) is 7.12. The molecule has 11 heteroatoms. The minimum Gasteiger partial charge on any atom is -0.479 e. The topological polar surface area (TPSA) is 137 Å². The Morgan fingerprint density at radius 2 is 2.00 bits per heavy atom. The van der Waals surface area contributed by atoms with Gasteiger partial charge in [0.1, 0.15) is 0 Å². The third-order valence-electron chi connectivity index (χ3n) is 2.72. The van der Waals surface area contributed by atoms with E-state index in [0.717, 1.165) is 24.9 Å². The number of aliphatic carboxylic acids is 1. The van der Waals surface area contributed by atoms with Crippen molar-refractivity contribution in [3.8, 4) is 0 Å². The molecule has 0 saturated heterocycles. The number of hydrogen-bond donors (Lipinski definition) is 2. The lowest BCUT2D eigenvalue weighted by Gasteiger charge is -2.12. The molecular formula is C10H15N3O7S. The van der Waals surface area contributed by atoms with Gasteiger partial charge in [-0.2, -0.15) is 0 Å². The van der Waals surface area contributed by atoms with E-state index in [2.05, 4.69) is 4.74 Å². The summed E-state index contributed by atoms with van der Waals surface area (Å²) < 4.78 is 32.2. The van der Waals surface area contributed by atoms with E-state index in [1.807, 2.05) is 4.72 Å². The molecule has 2 N–H and O–H groups in total. The molecule has 1 aromatic rings. The van der Waals surface area contributed by atoms with Crippen LogP contribution in [0.2, 0.25) is 0 Å². The van der Waals surface area contributed by atoms with Crippen LogP contribution in [0.15, 0.2) is 20.7 Å². The molecular weight excluding hydrogens is 306 g/mol. The van der Waals surface area contributed by atoms with Crippen LogP contribution in [-0.2, 0) is 33.7 Å². The molecule has 0 saturated carbocycles. The number of nitrogens with zero attached hydrogens (tertiary/aromatic N) is 2. The van der Waals surface area contributed by atoms with Crippen LogP contribution in [0.5, 0.6) is 0 Å². The molecule has 0 amide bonds. The first kappa shape index (κ1) is 17.1. The van der Waals surface area contributed by atoms with E-state index in [1.54, 1.807) is 0 Å². The standard InChI is InChI=1S/C10H15N3O7S/c1-12-5-7(8(14)13(2)10(12)17)21(18,19)11-4-6(20-3)9(15)16/h5-6,11H,4H2,1-3H3,(H,15,16). The normalized spacial score (nSPS) is 13.1. The summed E-state index contributed by atoms with van der Waals surface area (Å²) >= 11 is 0. The summed E-state index contributed by atoms with van der Waals surface area (Å²) in [6, 6.07) is 0. The SMILES string of the molecule is COC(CNS(=O)(=O)c1cn(C)c(=O)n(C)c1=O)C(=O)O. The Kier molecular flexibility index (Phi) is 5.04. The van der Waals surface area contributed by atoms with Crippen molar-refractivity contribution < 1.29 is 23.1 Å². The predicted molar refractivity (Wildman–Crippen MR) is 70.5 cm³/mol. The van der Waals surface area contributed by atoms with Crippen molar-refractivity contribution in [1.82, 2.24) is 13.9 Å². The molecule has 118 valence electrons. The second-order valence-corrected chi connectivity index (χ2v) is 5.90. The zero-order valence-electron chi connectivity index (χ0n) is 11.6. The summed E-state index contributed by atoms with van der Waals surface area (Å²) in [5, 5.41) is 8.75. The number of nitrogens with one attached hydrogen (secondary N) is 1. The zero-order chi connectivity index (χ0) is 16.4. The van der Waals surface area contributed by atoms with Crippen LogP contribution < -0.4 is 16.0 Å². The van der Waals surface area contributed by atoms with Crippen LogP contribution in [-0.4, -0.2) is 48.4 Å². The van der Waals surface area contributed by atoms with Gasteiger partial charge in [0.15, 0.2) is 11.0 Å². The highest BCUT2D eigenvalue weighted by molar-refractivity contribution is 7.89. The lowest BCUT2D eigenvalue weighted by atomic mass is 10.4. The Balaban J connectivity index is 3.19. The van der Waals surface area contributed by atoms with Crippen molar-refractivity contribution in [2.75, 3.05) is 13.7 Å². The quantitative estimate of drug-likeness (QED) is 0.589. The maximum atomic E-state index is 12.0. The molecule has 0 aliphatic carbocycles. The van der Waals surface area contributed by atoms with Gasteiger partial charge in [-0.05, 0) is 0 Å². The van der Waals surface area contributed by atoms with Gasteiger partial charge >= 0.3 is 11.7 Å². The maximum Gasteiger partial charge on any atom is 0.334 e. The summed E-state index contributed by atoms with van der Waals surface area (Å²) in [6.07, 6.45) is -0.522. The molecule has 0 spiro atoms. The van der Waals surface area contributed by atoms with Crippen molar-refractivity contribution in [3.63, 3.8) is 0 Å². The van der Waals surface area contributed by atoms with E-state index in [0.29, 0.717) is 4.57 Å². The van der Waals surface area contributed by atoms with Crippen LogP contribution in [0, 0.1) is 0 Å². The molecule has 0 aliphatic rings. The van der Waals surface area contributed by atoms with Gasteiger partial charge in [0.25, 0.3) is 5.56 Å². The smallest absolute Gasteiger partial charge is 0.334 e. The van der Waals surface area contributed by atoms with Crippen molar-refractivity contribution in [1.29, 1.82) is 0 Å². The second-order valence-electron chi connectivity index (χ2n) is 4.17. The minimum absolute atomic E-state index is 0.555. The number of carboxylic acids is 1. The van der Waals surface area contributed by atoms with Gasteiger partial charge < -0.3 is 14.4 Å². The molecule has 0 aliphatic heterocycles. The summed E-state index contributed by atoms with van der Waals surface area (Å²) in [5.41, 5.74) is -1.69. The number of ether oxygens (including phenoxy) is 1. The molecule has 10 nitrogen and oxygen atoms in total. The van der Waals surface area contributed by atoms with E-state index < -0.39 is 44.8 Å². The van der Waals surface area contributed by atoms with Gasteiger partial charge in [-0.3, -0.25) is 9.36 Å². The molecule has 1 aromatic heterocycles. The first-order chi connectivity index (χ1) is 9.61. The fourth-order valence-corrected chi connectivity index (χ4v) is 2.68. The summed E-state index contributed by atoms with van der Waals surface area (Å²) in [4.78, 5) is 33.4. The Hall–Kier alpha value is -1.98. The summed E-state index contributed by atoms with van der Waals surface area (Å²) in [6.45, 7) is -0.555. The average molecular weight is 321 g/mol. The molecule has 1 heterocycles. The summed E-state index contributed by atoms with van der Waals surface area (Å²) in [5.74, 6) is -1.35. The monoisotopic (exact) mass is 321 g/mol. The van der Waals surface area contributed by atoms with Crippen molar-refractivity contribution in [2.24, 2.45) is 14.1 Å². The van der Waals surface area contributed by atoms with E-state index in [4.69, 9.17) is 5.11 Å². The highest BCUT2D eigenvalue weighted by Gasteiger charge is 2.24. The number of carboxylic acid groups (broad SMARTS) is 1. The van der Waals surface area contributed by atoms with Crippen molar-refractivity contribution >= 4 is 16.0 Å². The first-order valence-electron chi connectivity index (χ1n) is 5.63. The Labute approximate surface area is 119 Å². The van der Waals surface area contributed by atoms with Crippen molar-refractivity contribution in [3.05, 3.63) is 27.0 Å². The van der Waals surface area contributed by atoms with E-state index in [9.17, 15) is 22.8 Å². The predicted octanol–water partition coefficient (Wildman–Crippen LogP) is -2.54. The number of rotatable bonds is 6. The number of hydrogen-bond acceptors (Lipinski definition) is 6. The average Bonchev–Trinajstić information content (AvgIpc) is 2.40. The lowest BCUT2D eigenvalue weighted by molar-refractivity contribution is -0.147. The molecule has 21 heavy (non-hydrogen) atoms. The highest BCUT2D eigenvalue weighted by Crippen LogP contribution is 2.00. The Bertz CT molecular complexity index is 762. The molecule has 1 unspecified atom stereocenters. The van der Waals surface area contributed by atoms with Crippen LogP contribution >= 0.6 is 0 Å². The molecule has 1 rings (SSSR count). The third kappa shape index (κ3) is 3.56. The minimum atomic E-state index is -4.28. The van der Waals surface area contributed by atoms with Crippen LogP contribution in [0.1, 0.15) is 0 Å². The molecule has 1 atom stereocenters. The lowest BCUT2D eigenvalue weighted by Crippen LogP contribution is -2.43. The van der Waals surface area contributed by atoms with Gasteiger partial charge in [-0.1, -0.05) is 0 Å². The fraction of sp³-hybridized carbons (Fsp3) is 0.500. The van der Waals surface area contributed by atoms with E-state index in [-0.39, 0.29) is 0 Å². The molecule has 0 radical (unpaired) electrons. The third-order valence-corrected chi connectivity index (χ3v) is 4.13.